The van der Waals surface area contributed by atoms with Gasteiger partial charge in [-0.2, -0.15) is 9.97 Å². The first-order chi connectivity index (χ1) is 14.0. The van der Waals surface area contributed by atoms with Crippen molar-refractivity contribution in [3.63, 3.8) is 0 Å². The molecule has 29 heavy (non-hydrogen) atoms. The van der Waals surface area contributed by atoms with Gasteiger partial charge < -0.3 is 25.4 Å². The lowest BCUT2D eigenvalue weighted by Crippen LogP contribution is -2.33. The lowest BCUT2D eigenvalue weighted by atomic mass is 10.1. The summed E-state index contributed by atoms with van der Waals surface area (Å²) in [6.07, 6.45) is -2.84. The fraction of sp³-hybridized carbons (Fsp3) is 0.471. The van der Waals surface area contributed by atoms with Gasteiger partial charge in [0.2, 0.25) is 5.28 Å². The second kappa shape index (κ2) is 8.72. The number of hydrogen-bond acceptors (Lipinski definition) is 10. The maximum atomic E-state index is 10.3. The summed E-state index contributed by atoms with van der Waals surface area (Å²) in [6.45, 7) is 1.62. The SMILES string of the molecule is C[C@H](CSc1cccs1)Nc1nc(Cl)nc2c1ncn2[C@@H]1O[C@H](CO)[C@@H](O)[C@H]1O. The van der Waals surface area contributed by atoms with Gasteiger partial charge >= 0.3 is 0 Å². The van der Waals surface area contributed by atoms with Crippen LogP contribution in [0.1, 0.15) is 13.2 Å². The van der Waals surface area contributed by atoms with Gasteiger partial charge in [0, 0.05) is 11.8 Å². The number of aromatic nitrogens is 4. The predicted octanol–water partition coefficient (Wildman–Crippen LogP) is 1.75. The molecule has 0 radical (unpaired) electrons. The number of fused-ring (bicyclic) bond motifs is 1. The molecule has 0 bridgehead atoms. The Hall–Kier alpha value is -1.47. The summed E-state index contributed by atoms with van der Waals surface area (Å²) in [5.74, 6) is 1.30. The molecular weight excluding hydrogens is 438 g/mol. The number of ether oxygens (including phenoxy) is 1. The molecule has 0 saturated carbocycles. The summed E-state index contributed by atoms with van der Waals surface area (Å²) >= 11 is 9.56. The van der Waals surface area contributed by atoms with Gasteiger partial charge in [-0.1, -0.05) is 6.07 Å². The summed E-state index contributed by atoms with van der Waals surface area (Å²) in [6, 6.07) is 4.17. The molecule has 156 valence electrons. The van der Waals surface area contributed by atoms with Crippen molar-refractivity contribution in [3.8, 4) is 0 Å². The summed E-state index contributed by atoms with van der Waals surface area (Å²) in [5.41, 5.74) is 0.834. The van der Waals surface area contributed by atoms with Crippen LogP contribution in [0, 0.1) is 0 Å². The fourth-order valence-corrected chi connectivity index (χ4v) is 5.04. The molecule has 0 aliphatic carbocycles. The molecule has 9 nitrogen and oxygen atoms in total. The number of hydrogen-bond donors (Lipinski definition) is 4. The molecule has 12 heteroatoms. The standard InChI is InChI=1S/C17H20ClN5O4S2/c1-8(6-29-10-3-2-4-28-10)20-14-11-15(22-17(18)21-14)23(7-19-11)16-13(26)12(25)9(5-24)27-16/h2-4,7-9,12-13,16,24-26H,5-6H2,1H3,(H,20,21,22)/t8-,9-,12-,13-,16-/m1/s1. The number of anilines is 1. The number of halogens is 1. The zero-order chi connectivity index (χ0) is 20.5. The molecular formula is C17H20ClN5O4S2. The third-order valence-corrected chi connectivity index (χ3v) is 7.10. The summed E-state index contributed by atoms with van der Waals surface area (Å²) < 4.78 is 8.30. The second-order valence-electron chi connectivity index (χ2n) is 6.68. The number of imidazole rings is 1. The highest BCUT2D eigenvalue weighted by atomic mass is 35.5. The maximum Gasteiger partial charge on any atom is 0.226 e. The van der Waals surface area contributed by atoms with E-state index in [2.05, 4.69) is 26.3 Å². The van der Waals surface area contributed by atoms with E-state index in [4.69, 9.17) is 16.3 Å². The molecule has 0 unspecified atom stereocenters. The zero-order valence-electron chi connectivity index (χ0n) is 15.3. The molecule has 4 N–H and O–H groups in total. The Labute approximate surface area is 179 Å². The van der Waals surface area contributed by atoms with Crippen LogP contribution in [0.25, 0.3) is 11.2 Å². The molecule has 0 amide bonds. The van der Waals surface area contributed by atoms with Crippen LogP contribution in [0.3, 0.4) is 0 Å². The highest BCUT2D eigenvalue weighted by Gasteiger charge is 2.44. The third kappa shape index (κ3) is 4.22. The molecule has 1 aliphatic rings. The number of thiophene rings is 1. The van der Waals surface area contributed by atoms with Crippen LogP contribution < -0.4 is 5.32 Å². The molecule has 4 rings (SSSR count). The minimum atomic E-state index is -1.24. The molecule has 5 atom stereocenters. The number of nitrogens with zero attached hydrogens (tertiary/aromatic N) is 4. The van der Waals surface area contributed by atoms with Crippen LogP contribution in [0.2, 0.25) is 5.28 Å². The van der Waals surface area contributed by atoms with E-state index < -0.39 is 31.1 Å². The van der Waals surface area contributed by atoms with Gasteiger partial charge in [0.15, 0.2) is 23.2 Å². The average molecular weight is 458 g/mol. The lowest BCUT2D eigenvalue weighted by molar-refractivity contribution is -0.0511. The van der Waals surface area contributed by atoms with Crippen LogP contribution in [-0.2, 0) is 4.74 Å². The normalized spacial score (nSPS) is 25.6. The van der Waals surface area contributed by atoms with E-state index in [-0.39, 0.29) is 11.3 Å². The van der Waals surface area contributed by atoms with E-state index in [0.29, 0.717) is 17.0 Å². The number of thioether (sulfide) groups is 1. The highest BCUT2D eigenvalue weighted by molar-refractivity contribution is 8.01. The number of rotatable bonds is 7. The molecule has 1 fully saturated rings. The Morgan fingerprint density at radius 2 is 2.21 bits per heavy atom. The first kappa shape index (κ1) is 20.8. The van der Waals surface area contributed by atoms with Gasteiger partial charge in [0.25, 0.3) is 0 Å². The van der Waals surface area contributed by atoms with Crippen molar-refractivity contribution >= 4 is 51.7 Å². The van der Waals surface area contributed by atoms with Crippen LogP contribution in [0.15, 0.2) is 28.0 Å². The summed E-state index contributed by atoms with van der Waals surface area (Å²) in [5, 5.41) is 35.0. The van der Waals surface area contributed by atoms with Crippen molar-refractivity contribution < 1.29 is 20.1 Å². The van der Waals surface area contributed by atoms with Crippen LogP contribution in [0.5, 0.6) is 0 Å². The maximum absolute atomic E-state index is 10.3. The first-order valence-electron chi connectivity index (χ1n) is 8.93. The minimum Gasteiger partial charge on any atom is -0.394 e. The third-order valence-electron chi connectivity index (χ3n) is 4.54. The van der Waals surface area contributed by atoms with Gasteiger partial charge in [-0.3, -0.25) is 4.57 Å². The van der Waals surface area contributed by atoms with Crippen molar-refractivity contribution in [1.82, 2.24) is 19.5 Å². The molecule has 0 aromatic carbocycles. The van der Waals surface area contributed by atoms with Gasteiger partial charge in [0.05, 0.1) is 17.1 Å². The Morgan fingerprint density at radius 3 is 2.90 bits per heavy atom. The Kier molecular flexibility index (Phi) is 6.25. The topological polar surface area (TPSA) is 126 Å². The van der Waals surface area contributed by atoms with Crippen molar-refractivity contribution in [2.45, 2.75) is 41.7 Å². The molecule has 3 aromatic rings. The Bertz CT molecular complexity index is 972. The molecule has 4 heterocycles. The Morgan fingerprint density at radius 1 is 1.38 bits per heavy atom. The van der Waals surface area contributed by atoms with Gasteiger partial charge in [-0.25, -0.2) is 4.98 Å². The largest absolute Gasteiger partial charge is 0.394 e. The van der Waals surface area contributed by atoms with E-state index >= 15 is 0 Å². The second-order valence-corrected chi connectivity index (χ2v) is 9.29. The smallest absolute Gasteiger partial charge is 0.226 e. The molecule has 1 aliphatic heterocycles. The van der Waals surface area contributed by atoms with Crippen molar-refractivity contribution in [1.29, 1.82) is 0 Å². The lowest BCUT2D eigenvalue weighted by Gasteiger charge is -2.17. The molecule has 1 saturated heterocycles. The summed E-state index contributed by atoms with van der Waals surface area (Å²) in [7, 11) is 0. The number of aliphatic hydroxyl groups is 3. The first-order valence-corrected chi connectivity index (χ1v) is 11.2. The average Bonchev–Trinajstić information content (AvgIpc) is 3.41. The number of nitrogens with one attached hydrogen (secondary N) is 1. The van der Waals surface area contributed by atoms with E-state index in [9.17, 15) is 15.3 Å². The molecule has 0 spiro atoms. The van der Waals surface area contributed by atoms with E-state index in [1.54, 1.807) is 23.1 Å². The Balaban J connectivity index is 1.57. The number of aliphatic hydroxyl groups excluding tert-OH is 3. The van der Waals surface area contributed by atoms with Crippen molar-refractivity contribution in [2.75, 3.05) is 17.7 Å². The van der Waals surface area contributed by atoms with E-state index in [1.165, 1.54) is 15.1 Å². The monoisotopic (exact) mass is 457 g/mol. The zero-order valence-corrected chi connectivity index (χ0v) is 17.7. The van der Waals surface area contributed by atoms with E-state index in [0.717, 1.165) is 5.75 Å². The molecule has 3 aromatic heterocycles. The van der Waals surface area contributed by atoms with Crippen LogP contribution >= 0.6 is 34.7 Å². The quantitative estimate of drug-likeness (QED) is 0.310. The fourth-order valence-electron chi connectivity index (χ4n) is 3.11. The van der Waals surface area contributed by atoms with E-state index in [1.807, 2.05) is 18.4 Å². The van der Waals surface area contributed by atoms with Crippen LogP contribution in [-0.4, -0.2) is 71.6 Å². The van der Waals surface area contributed by atoms with Crippen molar-refractivity contribution in [2.24, 2.45) is 0 Å². The van der Waals surface area contributed by atoms with Gasteiger partial charge in [-0.05, 0) is 30.0 Å². The van der Waals surface area contributed by atoms with Crippen molar-refractivity contribution in [3.05, 3.63) is 29.1 Å². The van der Waals surface area contributed by atoms with Crippen LogP contribution in [0.4, 0.5) is 5.82 Å². The van der Waals surface area contributed by atoms with Gasteiger partial charge in [-0.15, -0.1) is 23.1 Å². The minimum absolute atomic E-state index is 0.0200. The highest BCUT2D eigenvalue weighted by Crippen LogP contribution is 2.33. The summed E-state index contributed by atoms with van der Waals surface area (Å²) in [4.78, 5) is 12.8. The predicted molar refractivity (Wildman–Crippen MR) is 111 cm³/mol. The van der Waals surface area contributed by atoms with Gasteiger partial charge in [0.1, 0.15) is 18.3 Å².